The largest absolute Gasteiger partial charge is 0.179 e. The average molecular weight is 978 g/mol. The zero-order valence-corrected chi connectivity index (χ0v) is 49.3. The highest BCUT2D eigenvalue weighted by atomic mass is 32.1. The summed E-state index contributed by atoms with van der Waals surface area (Å²) in [5.41, 5.74) is 0. The third-order valence-corrected chi connectivity index (χ3v) is 14.1. The molecule has 0 radical (unpaired) electrons. The molecule has 0 aliphatic heterocycles. The minimum Gasteiger partial charge on any atom is -0.179 e. The van der Waals surface area contributed by atoms with Gasteiger partial charge in [-0.05, 0) is 47.7 Å². The van der Waals surface area contributed by atoms with Crippen molar-refractivity contribution in [3.8, 4) is 0 Å². The van der Waals surface area contributed by atoms with Crippen LogP contribution in [0.5, 0.6) is 0 Å². The highest BCUT2D eigenvalue weighted by molar-refractivity contribution is 7.81. The third kappa shape index (κ3) is 86.6. The Labute approximate surface area is 432 Å². The molecule has 0 aliphatic carbocycles. The van der Waals surface area contributed by atoms with Gasteiger partial charge in [-0.1, -0.05) is 337 Å². The van der Waals surface area contributed by atoms with E-state index in [0.717, 1.165) is 11.5 Å². The van der Waals surface area contributed by atoms with Gasteiger partial charge in [-0.15, -0.1) is 0 Å². The number of rotatable bonds is 50. The van der Waals surface area contributed by atoms with E-state index in [1.165, 1.54) is 321 Å². The Balaban J connectivity index is -0.000000376. The highest BCUT2D eigenvalue weighted by Crippen LogP contribution is 2.17. The van der Waals surface area contributed by atoms with Crippen LogP contribution >= 0.6 is 50.5 Å². The van der Waals surface area contributed by atoms with Crippen molar-refractivity contribution < 1.29 is 0 Å². The van der Waals surface area contributed by atoms with Crippen LogP contribution in [0, 0.1) is 0 Å². The summed E-state index contributed by atoms with van der Waals surface area (Å²) in [7, 11) is 0. The quantitative estimate of drug-likeness (QED) is 0.0339. The Kier molecular flexibility index (Phi) is 82.5. The molecule has 4 heteroatoms. The van der Waals surface area contributed by atoms with E-state index in [1.54, 1.807) is 0 Å². The molecule has 0 aromatic heterocycles. The molecule has 0 bridgehead atoms. The predicted molar refractivity (Wildman–Crippen MR) is 318 cm³/mol. The van der Waals surface area contributed by atoms with E-state index >= 15 is 0 Å². The van der Waals surface area contributed by atoms with Crippen molar-refractivity contribution in [3.63, 3.8) is 0 Å². The fourth-order valence-electron chi connectivity index (χ4n) is 8.47. The van der Waals surface area contributed by atoms with Crippen molar-refractivity contribution in [2.24, 2.45) is 0 Å². The Morgan fingerprint density at radius 3 is 0.453 bits per heavy atom. The number of thiol groups is 4. The van der Waals surface area contributed by atoms with Gasteiger partial charge in [0.1, 0.15) is 0 Å². The normalized spacial score (nSPS) is 11.9. The molecule has 0 fully saturated rings. The minimum atomic E-state index is 0.595. The lowest BCUT2D eigenvalue weighted by Crippen LogP contribution is -1.90. The van der Waals surface area contributed by atoms with Gasteiger partial charge in [0.2, 0.25) is 0 Å². The van der Waals surface area contributed by atoms with Crippen LogP contribution in [0.25, 0.3) is 0 Å². The van der Waals surface area contributed by atoms with Gasteiger partial charge in [0.05, 0.1) is 0 Å². The molecular formula is C60H128S4. The molecule has 0 N–H and O–H groups in total. The van der Waals surface area contributed by atoms with E-state index < -0.39 is 0 Å². The lowest BCUT2D eigenvalue weighted by atomic mass is 10.0. The van der Waals surface area contributed by atoms with Gasteiger partial charge in [-0.2, -0.15) is 50.5 Å². The smallest absolute Gasteiger partial charge is 0.00116 e. The molecule has 0 nitrogen and oxygen atoms in total. The maximum atomic E-state index is 4.40. The van der Waals surface area contributed by atoms with Crippen LogP contribution in [0.4, 0.5) is 0 Å². The van der Waals surface area contributed by atoms with Gasteiger partial charge in [-0.3, -0.25) is 0 Å². The van der Waals surface area contributed by atoms with Crippen LogP contribution in [0.15, 0.2) is 0 Å². The molecule has 64 heavy (non-hydrogen) atoms. The van der Waals surface area contributed by atoms with Gasteiger partial charge in [0.15, 0.2) is 0 Å². The summed E-state index contributed by atoms with van der Waals surface area (Å²) in [5, 5.41) is 1.19. The predicted octanol–water partition coefficient (Wildman–Crippen LogP) is 24.0. The van der Waals surface area contributed by atoms with Crippen molar-refractivity contribution in [1.29, 1.82) is 0 Å². The monoisotopic (exact) mass is 977 g/mol. The summed E-state index contributed by atoms with van der Waals surface area (Å²) in [6, 6.07) is 0. The van der Waals surface area contributed by atoms with E-state index in [-0.39, 0.29) is 0 Å². The Hall–Kier alpha value is 1.40. The van der Waals surface area contributed by atoms with Crippen LogP contribution in [0.1, 0.15) is 363 Å². The van der Waals surface area contributed by atoms with Crippen molar-refractivity contribution >= 4 is 50.5 Å². The summed E-state index contributed by atoms with van der Waals surface area (Å²) in [6.45, 7) is 13.5. The first-order valence-corrected chi connectivity index (χ1v) is 32.2. The Morgan fingerprint density at radius 2 is 0.328 bits per heavy atom. The van der Waals surface area contributed by atoms with E-state index in [9.17, 15) is 0 Å². The summed E-state index contributed by atoms with van der Waals surface area (Å²) in [6.07, 6.45) is 71.5. The van der Waals surface area contributed by atoms with Gasteiger partial charge in [-0.25, -0.2) is 0 Å². The maximum Gasteiger partial charge on any atom is -0.00116 e. The molecule has 392 valence electrons. The molecule has 2 unspecified atom stereocenters. The van der Waals surface area contributed by atoms with Gasteiger partial charge in [0.25, 0.3) is 0 Å². The third-order valence-electron chi connectivity index (χ3n) is 13.0. The van der Waals surface area contributed by atoms with Crippen LogP contribution in [-0.2, 0) is 0 Å². The molecule has 0 saturated heterocycles. The molecule has 0 saturated carbocycles. The van der Waals surface area contributed by atoms with Crippen LogP contribution < -0.4 is 0 Å². The summed E-state index contributed by atoms with van der Waals surface area (Å²) in [5.74, 6) is 2.13. The lowest BCUT2D eigenvalue weighted by Gasteiger charge is -2.04. The first-order valence-electron chi connectivity index (χ1n) is 29.9. The summed E-state index contributed by atoms with van der Waals surface area (Å²) < 4.78 is 0. The van der Waals surface area contributed by atoms with E-state index in [0.29, 0.717) is 10.5 Å². The first kappa shape index (κ1) is 71.9. The fraction of sp³-hybridized carbons (Fsp3) is 1.00. The zero-order chi connectivity index (χ0) is 47.9. The van der Waals surface area contributed by atoms with Crippen molar-refractivity contribution in [2.75, 3.05) is 11.5 Å². The Morgan fingerprint density at radius 1 is 0.203 bits per heavy atom. The SMILES string of the molecule is CCCCCCCCCCCCC(C)S.CCCCCCCCCCCCCCC(C)S.CCCCCCCCCCCCCCCCS.CCCCCCCCCCCCCCS. The molecule has 2 atom stereocenters. The van der Waals surface area contributed by atoms with Crippen molar-refractivity contribution in [3.05, 3.63) is 0 Å². The summed E-state index contributed by atoms with van der Waals surface area (Å²) in [4.78, 5) is 0. The van der Waals surface area contributed by atoms with Crippen LogP contribution in [0.3, 0.4) is 0 Å². The van der Waals surface area contributed by atoms with Crippen molar-refractivity contribution in [2.45, 2.75) is 373 Å². The van der Waals surface area contributed by atoms with Crippen molar-refractivity contribution in [1.82, 2.24) is 0 Å². The van der Waals surface area contributed by atoms with E-state index in [4.69, 9.17) is 0 Å². The molecule has 0 amide bonds. The lowest BCUT2D eigenvalue weighted by molar-refractivity contribution is 0.538. The fourth-order valence-corrected chi connectivity index (χ4v) is 9.28. The van der Waals surface area contributed by atoms with Crippen LogP contribution in [-0.4, -0.2) is 22.0 Å². The second-order valence-corrected chi connectivity index (χ2v) is 22.9. The van der Waals surface area contributed by atoms with E-state index in [2.05, 4.69) is 92.1 Å². The second kappa shape index (κ2) is 73.4. The van der Waals surface area contributed by atoms with Crippen LogP contribution in [0.2, 0.25) is 0 Å². The molecule has 0 rings (SSSR count). The number of hydrogen-bond donors (Lipinski definition) is 4. The standard InChI is InChI=1S/2C16H34S.2C14H30S/c1-3-4-5-6-7-8-9-10-11-12-13-14-15-16(2)17;1-2-3-4-5-6-7-8-9-10-11-12-13-14-15-16-17;1-3-4-5-6-7-8-9-10-11-12-13-14(2)15;1-2-3-4-5-6-7-8-9-10-11-12-13-14-15/h16-17H,3-15H2,1-2H3;17H,2-16H2,1H3;14-15H,3-13H2,1-2H3;15H,2-14H2,1H3. The minimum absolute atomic E-state index is 0.595. The zero-order valence-electron chi connectivity index (χ0n) is 45.7. The molecule has 0 aromatic rings. The van der Waals surface area contributed by atoms with Gasteiger partial charge >= 0.3 is 0 Å². The first-order chi connectivity index (χ1) is 31.4. The average Bonchev–Trinajstić information content (AvgIpc) is 3.28. The maximum absolute atomic E-state index is 4.40. The van der Waals surface area contributed by atoms with Gasteiger partial charge in [0, 0.05) is 0 Å². The number of hydrogen-bond acceptors (Lipinski definition) is 4. The molecule has 0 aromatic carbocycles. The number of unbranched alkanes of at least 4 members (excludes halogenated alkanes) is 44. The second-order valence-electron chi connectivity index (χ2n) is 20.3. The molecular weight excluding hydrogens is 849 g/mol. The molecule has 0 spiro atoms. The molecule has 0 aliphatic rings. The Bertz CT molecular complexity index is 671. The highest BCUT2D eigenvalue weighted by Gasteiger charge is 1.98. The summed E-state index contributed by atoms with van der Waals surface area (Å²) >= 11 is 17.2. The van der Waals surface area contributed by atoms with Gasteiger partial charge < -0.3 is 0 Å². The van der Waals surface area contributed by atoms with E-state index in [1.807, 2.05) is 0 Å². The molecule has 0 heterocycles. The topological polar surface area (TPSA) is 0 Å².